The summed E-state index contributed by atoms with van der Waals surface area (Å²) in [5, 5.41) is 6.91. The van der Waals surface area contributed by atoms with E-state index >= 15 is 0 Å². The molecule has 0 unspecified atom stereocenters. The molecule has 1 heterocycles. The maximum atomic E-state index is 12.9. The molecule has 0 spiro atoms. The van der Waals surface area contributed by atoms with Crippen LogP contribution in [0.2, 0.25) is 0 Å². The van der Waals surface area contributed by atoms with Crippen molar-refractivity contribution >= 4 is 24.0 Å². The number of ether oxygens (including phenoxy) is 4. The maximum absolute atomic E-state index is 12.9. The zero-order valence-corrected chi connectivity index (χ0v) is 22.3. The number of rotatable bonds is 10. The number of anilines is 1. The van der Waals surface area contributed by atoms with Crippen LogP contribution >= 0.6 is 12.4 Å². The van der Waals surface area contributed by atoms with Crippen molar-refractivity contribution in [1.29, 1.82) is 0 Å². The first-order valence-electron chi connectivity index (χ1n) is 11.5. The Balaban J connectivity index is 0.00000400. The lowest BCUT2D eigenvalue weighted by atomic mass is 10.0. The summed E-state index contributed by atoms with van der Waals surface area (Å²) in [5.74, 6) is 2.09. The van der Waals surface area contributed by atoms with Crippen LogP contribution in [0.3, 0.4) is 0 Å². The standard InChI is InChI=1S/C28H29N3O6.ClH/c1-33-23-11-10-18(13-22(23)31-28(32)21(29)12-17-8-6-5-7-9-17)20-16-30-37-26(20)19-14-24(34-2)27(36-4)25(15-19)35-3;/h5-11,13-16,21H,12,29H2,1-4H3,(H,31,32);1H/t21-;/m0./s1. The second kappa shape index (κ2) is 12.8. The SMILES string of the molecule is COc1ccc(-c2cnoc2-c2cc(OC)c(OC)c(OC)c2)cc1NC(=O)[C@@H](N)Cc1ccccc1.Cl. The normalized spacial score (nSPS) is 11.2. The molecule has 1 amide bonds. The fourth-order valence-electron chi connectivity index (χ4n) is 4.02. The molecule has 0 aliphatic heterocycles. The fraction of sp³-hybridized carbons (Fsp3) is 0.214. The number of hydrogen-bond donors (Lipinski definition) is 2. The quantitative estimate of drug-likeness (QED) is 0.290. The molecule has 0 saturated carbocycles. The Bertz CT molecular complexity index is 1350. The minimum absolute atomic E-state index is 0. The summed E-state index contributed by atoms with van der Waals surface area (Å²) in [7, 11) is 6.17. The monoisotopic (exact) mass is 539 g/mol. The molecule has 38 heavy (non-hydrogen) atoms. The summed E-state index contributed by atoms with van der Waals surface area (Å²) in [6.07, 6.45) is 2.01. The van der Waals surface area contributed by atoms with Crippen LogP contribution in [0.1, 0.15) is 5.56 Å². The first-order chi connectivity index (χ1) is 18.0. The topological polar surface area (TPSA) is 118 Å². The lowest BCUT2D eigenvalue weighted by Crippen LogP contribution is -2.37. The predicted molar refractivity (Wildman–Crippen MR) is 148 cm³/mol. The summed E-state index contributed by atoms with van der Waals surface area (Å²) in [5.41, 5.74) is 9.76. The number of nitrogens with zero attached hydrogens (tertiary/aromatic N) is 1. The summed E-state index contributed by atoms with van der Waals surface area (Å²) >= 11 is 0. The van der Waals surface area contributed by atoms with Gasteiger partial charge in [-0.25, -0.2) is 0 Å². The third-order valence-corrected chi connectivity index (χ3v) is 5.90. The molecule has 0 fully saturated rings. The Kier molecular flexibility index (Phi) is 9.59. The van der Waals surface area contributed by atoms with E-state index in [0.717, 1.165) is 11.1 Å². The lowest BCUT2D eigenvalue weighted by Gasteiger charge is -2.16. The number of aromatic nitrogens is 1. The summed E-state index contributed by atoms with van der Waals surface area (Å²) in [4.78, 5) is 12.9. The number of nitrogens with one attached hydrogen (secondary N) is 1. The van der Waals surface area contributed by atoms with Crippen LogP contribution in [-0.2, 0) is 11.2 Å². The number of hydrogen-bond acceptors (Lipinski definition) is 8. The summed E-state index contributed by atoms with van der Waals surface area (Å²) < 4.78 is 27.5. The van der Waals surface area contributed by atoms with E-state index in [-0.39, 0.29) is 18.3 Å². The number of nitrogens with two attached hydrogens (primary N) is 1. The average Bonchev–Trinajstić information content (AvgIpc) is 3.42. The Hall–Kier alpha value is -4.21. The minimum Gasteiger partial charge on any atom is -0.495 e. The molecular weight excluding hydrogens is 510 g/mol. The fourth-order valence-corrected chi connectivity index (χ4v) is 4.02. The van der Waals surface area contributed by atoms with Gasteiger partial charge in [-0.1, -0.05) is 41.6 Å². The lowest BCUT2D eigenvalue weighted by molar-refractivity contribution is -0.117. The molecule has 10 heteroatoms. The van der Waals surface area contributed by atoms with Gasteiger partial charge in [-0.05, 0) is 41.8 Å². The van der Waals surface area contributed by atoms with E-state index in [0.29, 0.717) is 52.0 Å². The van der Waals surface area contributed by atoms with Crippen LogP contribution in [0, 0.1) is 0 Å². The number of methoxy groups -OCH3 is 4. The van der Waals surface area contributed by atoms with Crippen LogP contribution in [0.25, 0.3) is 22.5 Å². The van der Waals surface area contributed by atoms with Gasteiger partial charge in [0.25, 0.3) is 0 Å². The molecule has 1 aromatic heterocycles. The molecule has 4 aromatic rings. The molecule has 0 aliphatic carbocycles. The molecule has 4 rings (SSSR count). The van der Waals surface area contributed by atoms with Crippen LogP contribution in [0.5, 0.6) is 23.0 Å². The van der Waals surface area contributed by atoms with Crippen molar-refractivity contribution in [3.8, 4) is 45.4 Å². The molecule has 200 valence electrons. The van der Waals surface area contributed by atoms with Gasteiger partial charge in [-0.15, -0.1) is 12.4 Å². The minimum atomic E-state index is -0.735. The van der Waals surface area contributed by atoms with Crippen molar-refractivity contribution in [2.45, 2.75) is 12.5 Å². The molecule has 0 aliphatic rings. The molecule has 3 N–H and O–H groups in total. The van der Waals surface area contributed by atoms with Gasteiger partial charge in [0.05, 0.1) is 46.4 Å². The van der Waals surface area contributed by atoms with E-state index < -0.39 is 6.04 Å². The van der Waals surface area contributed by atoms with Crippen molar-refractivity contribution in [3.63, 3.8) is 0 Å². The van der Waals surface area contributed by atoms with E-state index in [1.54, 1.807) is 51.8 Å². The number of benzene rings is 3. The third-order valence-electron chi connectivity index (χ3n) is 5.90. The van der Waals surface area contributed by atoms with E-state index in [1.807, 2.05) is 36.4 Å². The van der Waals surface area contributed by atoms with Crippen LogP contribution in [0.4, 0.5) is 5.69 Å². The highest BCUT2D eigenvalue weighted by Gasteiger charge is 2.21. The highest BCUT2D eigenvalue weighted by Crippen LogP contribution is 2.44. The number of halogens is 1. The predicted octanol–water partition coefficient (Wildman–Crippen LogP) is 4.97. The second-order valence-electron chi connectivity index (χ2n) is 8.18. The average molecular weight is 540 g/mol. The molecule has 9 nitrogen and oxygen atoms in total. The van der Waals surface area contributed by atoms with Crippen molar-refractivity contribution in [1.82, 2.24) is 5.16 Å². The number of carbonyl (C=O) groups is 1. The number of amides is 1. The zero-order chi connectivity index (χ0) is 26.4. The number of carbonyl (C=O) groups excluding carboxylic acids is 1. The van der Waals surface area contributed by atoms with Gasteiger partial charge in [0.15, 0.2) is 17.3 Å². The third kappa shape index (κ3) is 6.01. The molecule has 0 saturated heterocycles. The van der Waals surface area contributed by atoms with Crippen molar-refractivity contribution in [2.24, 2.45) is 5.73 Å². The van der Waals surface area contributed by atoms with Gasteiger partial charge < -0.3 is 34.5 Å². The van der Waals surface area contributed by atoms with E-state index in [9.17, 15) is 4.79 Å². The van der Waals surface area contributed by atoms with Gasteiger partial charge >= 0.3 is 0 Å². The summed E-state index contributed by atoms with van der Waals surface area (Å²) in [6.45, 7) is 0. The Morgan fingerprint density at radius 1 is 0.895 bits per heavy atom. The summed E-state index contributed by atoms with van der Waals surface area (Å²) in [6, 6.07) is 17.8. The molecule has 0 radical (unpaired) electrons. The smallest absolute Gasteiger partial charge is 0.241 e. The van der Waals surface area contributed by atoms with Crippen molar-refractivity contribution in [3.05, 3.63) is 72.4 Å². The largest absolute Gasteiger partial charge is 0.495 e. The highest BCUT2D eigenvalue weighted by atomic mass is 35.5. The van der Waals surface area contributed by atoms with Gasteiger partial charge in [0.1, 0.15) is 5.75 Å². The van der Waals surface area contributed by atoms with Gasteiger partial charge in [0.2, 0.25) is 11.7 Å². The van der Waals surface area contributed by atoms with Crippen LogP contribution in [-0.4, -0.2) is 45.5 Å². The van der Waals surface area contributed by atoms with Crippen molar-refractivity contribution in [2.75, 3.05) is 33.8 Å². The maximum Gasteiger partial charge on any atom is 0.241 e. The highest BCUT2D eigenvalue weighted by molar-refractivity contribution is 5.97. The van der Waals surface area contributed by atoms with Crippen LogP contribution in [0.15, 0.2) is 71.4 Å². The van der Waals surface area contributed by atoms with E-state index in [2.05, 4.69) is 10.5 Å². The Morgan fingerprint density at radius 3 is 2.16 bits per heavy atom. The zero-order valence-electron chi connectivity index (χ0n) is 21.5. The van der Waals surface area contributed by atoms with Crippen LogP contribution < -0.4 is 30.0 Å². The Morgan fingerprint density at radius 2 is 1.55 bits per heavy atom. The molecule has 0 bridgehead atoms. The molecular formula is C28H30ClN3O6. The van der Waals surface area contributed by atoms with Gasteiger partial charge in [-0.2, -0.15) is 0 Å². The first kappa shape index (κ1) is 28.4. The van der Waals surface area contributed by atoms with E-state index in [1.165, 1.54) is 7.11 Å². The van der Waals surface area contributed by atoms with E-state index in [4.69, 9.17) is 29.2 Å². The van der Waals surface area contributed by atoms with Gasteiger partial charge in [-0.3, -0.25) is 4.79 Å². The van der Waals surface area contributed by atoms with Gasteiger partial charge in [0, 0.05) is 11.1 Å². The van der Waals surface area contributed by atoms with Crippen molar-refractivity contribution < 1.29 is 28.3 Å². The first-order valence-corrected chi connectivity index (χ1v) is 11.5. The molecule has 3 aromatic carbocycles. The second-order valence-corrected chi connectivity index (χ2v) is 8.18. The Labute approximate surface area is 227 Å². The molecule has 1 atom stereocenters.